The summed E-state index contributed by atoms with van der Waals surface area (Å²) in [6, 6.07) is 13.2. The number of aromatic carboxylic acids is 1. The third-order valence-electron chi connectivity index (χ3n) is 3.27. The Labute approximate surface area is 153 Å². The van der Waals surface area contributed by atoms with Crippen molar-refractivity contribution in [1.82, 2.24) is 9.97 Å². The lowest BCUT2D eigenvalue weighted by atomic mass is 10.2. The van der Waals surface area contributed by atoms with E-state index in [2.05, 4.69) is 20.6 Å². The van der Waals surface area contributed by atoms with Crippen molar-refractivity contribution in [3.8, 4) is 0 Å². The maximum absolute atomic E-state index is 10.9. The smallest absolute Gasteiger partial charge is 0.335 e. The SMILES string of the molecule is O=C(O)c1ccc(Nc2cc(Nc3ccc(Cl)cc3Cl)ncn2)cc1. The molecule has 0 aliphatic carbocycles. The lowest BCUT2D eigenvalue weighted by Gasteiger charge is -2.10. The molecule has 8 heteroatoms. The molecule has 0 unspecified atom stereocenters. The molecule has 0 spiro atoms. The van der Waals surface area contributed by atoms with Crippen LogP contribution in [0.2, 0.25) is 10.0 Å². The molecular formula is C17H12Cl2N4O2. The van der Waals surface area contributed by atoms with Gasteiger partial charge in [-0.15, -0.1) is 0 Å². The standard InChI is InChI=1S/C17H12Cl2N4O2/c18-11-3-6-14(13(19)7-11)23-16-8-15(20-9-21-16)22-12-4-1-10(2-5-12)17(24)25/h1-9H,(H,24,25)(H2,20,21,22,23). The average molecular weight is 375 g/mol. The van der Waals surface area contributed by atoms with Gasteiger partial charge in [-0.3, -0.25) is 0 Å². The number of carboxylic acids is 1. The minimum Gasteiger partial charge on any atom is -0.478 e. The molecule has 3 N–H and O–H groups in total. The molecule has 0 radical (unpaired) electrons. The molecule has 0 fully saturated rings. The van der Waals surface area contributed by atoms with Gasteiger partial charge in [0.2, 0.25) is 0 Å². The first-order valence-electron chi connectivity index (χ1n) is 7.16. The van der Waals surface area contributed by atoms with Crippen LogP contribution in [0.15, 0.2) is 54.9 Å². The topological polar surface area (TPSA) is 87.1 Å². The van der Waals surface area contributed by atoms with Gasteiger partial charge < -0.3 is 15.7 Å². The molecule has 25 heavy (non-hydrogen) atoms. The third kappa shape index (κ3) is 4.37. The molecule has 0 saturated heterocycles. The minimum absolute atomic E-state index is 0.216. The van der Waals surface area contributed by atoms with Crippen LogP contribution in [-0.4, -0.2) is 21.0 Å². The Hall–Kier alpha value is -2.83. The van der Waals surface area contributed by atoms with Gasteiger partial charge in [-0.05, 0) is 42.5 Å². The van der Waals surface area contributed by atoms with Crippen LogP contribution in [0.5, 0.6) is 0 Å². The number of nitrogens with one attached hydrogen (secondary N) is 2. The average Bonchev–Trinajstić information content (AvgIpc) is 2.58. The zero-order valence-electron chi connectivity index (χ0n) is 12.7. The third-order valence-corrected chi connectivity index (χ3v) is 3.81. The molecular weight excluding hydrogens is 363 g/mol. The van der Waals surface area contributed by atoms with E-state index in [4.69, 9.17) is 28.3 Å². The number of rotatable bonds is 5. The maximum atomic E-state index is 10.9. The number of aromatic nitrogens is 2. The van der Waals surface area contributed by atoms with E-state index in [0.717, 1.165) is 0 Å². The van der Waals surface area contributed by atoms with Crippen molar-refractivity contribution < 1.29 is 9.90 Å². The van der Waals surface area contributed by atoms with E-state index < -0.39 is 5.97 Å². The van der Waals surface area contributed by atoms with Gasteiger partial charge in [0.15, 0.2) is 0 Å². The van der Waals surface area contributed by atoms with Crippen LogP contribution >= 0.6 is 23.2 Å². The quantitative estimate of drug-likeness (QED) is 0.584. The fraction of sp³-hybridized carbons (Fsp3) is 0. The second kappa shape index (κ2) is 7.38. The number of hydrogen-bond donors (Lipinski definition) is 3. The number of carbonyl (C=O) groups is 1. The van der Waals surface area contributed by atoms with Gasteiger partial charge in [0.25, 0.3) is 0 Å². The summed E-state index contributed by atoms with van der Waals surface area (Å²) in [5.41, 5.74) is 1.59. The minimum atomic E-state index is -0.972. The molecule has 0 saturated carbocycles. The molecule has 1 heterocycles. The van der Waals surface area contributed by atoms with Gasteiger partial charge >= 0.3 is 5.97 Å². The van der Waals surface area contributed by atoms with Crippen molar-refractivity contribution in [3.63, 3.8) is 0 Å². The Kier molecular flexibility index (Phi) is 5.02. The summed E-state index contributed by atoms with van der Waals surface area (Å²) in [4.78, 5) is 19.2. The van der Waals surface area contributed by atoms with Gasteiger partial charge in [0.1, 0.15) is 18.0 Å². The molecule has 0 atom stereocenters. The molecule has 3 rings (SSSR count). The lowest BCUT2D eigenvalue weighted by Crippen LogP contribution is -2.00. The van der Waals surface area contributed by atoms with E-state index in [0.29, 0.717) is 33.1 Å². The van der Waals surface area contributed by atoms with Crippen molar-refractivity contribution in [3.05, 3.63) is 70.5 Å². The van der Waals surface area contributed by atoms with Crippen LogP contribution in [0, 0.1) is 0 Å². The summed E-state index contributed by atoms with van der Waals surface area (Å²) in [5.74, 6) is 0.120. The zero-order chi connectivity index (χ0) is 17.8. The highest BCUT2D eigenvalue weighted by molar-refractivity contribution is 6.36. The summed E-state index contributed by atoms with van der Waals surface area (Å²) < 4.78 is 0. The molecule has 0 bridgehead atoms. The summed E-state index contributed by atoms with van der Waals surface area (Å²) in [5, 5.41) is 16.1. The van der Waals surface area contributed by atoms with Crippen molar-refractivity contribution >= 4 is 52.2 Å². The van der Waals surface area contributed by atoms with Crippen molar-refractivity contribution in [2.45, 2.75) is 0 Å². The van der Waals surface area contributed by atoms with E-state index in [9.17, 15) is 4.79 Å². The fourth-order valence-electron chi connectivity index (χ4n) is 2.07. The van der Waals surface area contributed by atoms with E-state index >= 15 is 0 Å². The highest BCUT2D eigenvalue weighted by atomic mass is 35.5. The number of halogens is 2. The summed E-state index contributed by atoms with van der Waals surface area (Å²) in [6.45, 7) is 0. The van der Waals surface area contributed by atoms with Crippen LogP contribution in [0.4, 0.5) is 23.0 Å². The first-order valence-corrected chi connectivity index (χ1v) is 7.91. The van der Waals surface area contributed by atoms with Gasteiger partial charge in [-0.2, -0.15) is 0 Å². The molecule has 0 amide bonds. The van der Waals surface area contributed by atoms with Crippen molar-refractivity contribution in [1.29, 1.82) is 0 Å². The Morgan fingerprint density at radius 1 is 0.920 bits per heavy atom. The Balaban J connectivity index is 1.76. The van der Waals surface area contributed by atoms with Crippen LogP contribution in [-0.2, 0) is 0 Å². The maximum Gasteiger partial charge on any atom is 0.335 e. The predicted molar refractivity (Wildman–Crippen MR) is 98.5 cm³/mol. The molecule has 3 aromatic rings. The van der Waals surface area contributed by atoms with Gasteiger partial charge in [-0.25, -0.2) is 14.8 Å². The van der Waals surface area contributed by atoms with E-state index in [1.165, 1.54) is 18.5 Å². The highest BCUT2D eigenvalue weighted by Gasteiger charge is 2.05. The lowest BCUT2D eigenvalue weighted by molar-refractivity contribution is 0.0697. The van der Waals surface area contributed by atoms with E-state index in [-0.39, 0.29) is 5.56 Å². The molecule has 0 aliphatic rings. The number of nitrogens with zero attached hydrogens (tertiary/aromatic N) is 2. The van der Waals surface area contributed by atoms with Crippen molar-refractivity contribution in [2.24, 2.45) is 0 Å². The van der Waals surface area contributed by atoms with Crippen LogP contribution in [0.25, 0.3) is 0 Å². The molecule has 1 aromatic heterocycles. The Morgan fingerprint density at radius 3 is 2.24 bits per heavy atom. The monoisotopic (exact) mass is 374 g/mol. The highest BCUT2D eigenvalue weighted by Crippen LogP contribution is 2.28. The number of anilines is 4. The predicted octanol–water partition coefficient (Wildman–Crippen LogP) is 4.97. The molecule has 2 aromatic carbocycles. The van der Waals surface area contributed by atoms with Gasteiger partial charge in [-0.1, -0.05) is 23.2 Å². The second-order valence-corrected chi connectivity index (χ2v) is 5.89. The first kappa shape index (κ1) is 17.0. The molecule has 6 nitrogen and oxygen atoms in total. The summed E-state index contributed by atoms with van der Waals surface area (Å²) in [7, 11) is 0. The fourth-order valence-corrected chi connectivity index (χ4v) is 2.52. The number of hydrogen-bond acceptors (Lipinski definition) is 5. The largest absolute Gasteiger partial charge is 0.478 e. The normalized spacial score (nSPS) is 10.3. The van der Waals surface area contributed by atoms with Gasteiger partial charge in [0.05, 0.1) is 16.3 Å². The van der Waals surface area contributed by atoms with Gasteiger partial charge in [0, 0.05) is 16.8 Å². The Morgan fingerprint density at radius 2 is 1.60 bits per heavy atom. The van der Waals surface area contributed by atoms with Crippen LogP contribution < -0.4 is 10.6 Å². The number of benzene rings is 2. The Bertz CT molecular complexity index is 917. The molecule has 126 valence electrons. The number of carboxylic acid groups (broad SMARTS) is 1. The van der Waals surface area contributed by atoms with E-state index in [1.807, 2.05) is 0 Å². The second-order valence-electron chi connectivity index (χ2n) is 5.05. The molecule has 0 aliphatic heterocycles. The zero-order valence-corrected chi connectivity index (χ0v) is 14.2. The summed E-state index contributed by atoms with van der Waals surface area (Å²) >= 11 is 12.0. The van der Waals surface area contributed by atoms with Crippen LogP contribution in [0.1, 0.15) is 10.4 Å². The van der Waals surface area contributed by atoms with Crippen molar-refractivity contribution in [2.75, 3.05) is 10.6 Å². The first-order chi connectivity index (χ1) is 12.0. The van der Waals surface area contributed by atoms with Crippen LogP contribution in [0.3, 0.4) is 0 Å². The summed E-state index contributed by atoms with van der Waals surface area (Å²) in [6.07, 6.45) is 1.40. The van der Waals surface area contributed by atoms with E-state index in [1.54, 1.807) is 36.4 Å².